The van der Waals surface area contributed by atoms with Crippen LogP contribution in [0.3, 0.4) is 0 Å². The molecule has 0 aromatic heterocycles. The quantitative estimate of drug-likeness (QED) is 0.0615. The van der Waals surface area contributed by atoms with Gasteiger partial charge in [0.15, 0.2) is 8.32 Å². The van der Waals surface area contributed by atoms with E-state index >= 15 is 0 Å². The largest absolute Gasteiger partial charge is 0.475 e. The lowest BCUT2D eigenvalue weighted by Crippen LogP contribution is -2.76. The van der Waals surface area contributed by atoms with E-state index in [0.29, 0.717) is 0 Å². The van der Waals surface area contributed by atoms with Gasteiger partial charge in [0.1, 0.15) is 36.6 Å². The molecule has 0 spiro atoms. The van der Waals surface area contributed by atoms with Gasteiger partial charge in [0, 0.05) is 0 Å². The topological polar surface area (TPSA) is 102 Å². The SMILES string of the molecule is CCCCCCCCCCOP(=O)(OCCCCCCCCCC)O[C@@H]1[C@H]2O[C@H]3O[C@@H]1[C@H](O)[C@H](O3)[C@@H]2O[Si](C)(C)C(C)(C)C. The molecule has 1 aliphatic carbocycles. The highest BCUT2D eigenvalue weighted by molar-refractivity contribution is 7.48. The first-order chi connectivity index (χ1) is 20.9. The van der Waals surface area contributed by atoms with Gasteiger partial charge in [-0.15, -0.1) is 0 Å². The van der Waals surface area contributed by atoms with Crippen LogP contribution in [0.2, 0.25) is 18.1 Å². The average molecular weight is 665 g/mol. The van der Waals surface area contributed by atoms with E-state index in [1.54, 1.807) is 0 Å². The molecular weight excluding hydrogens is 599 g/mol. The summed E-state index contributed by atoms with van der Waals surface area (Å²) in [5.74, 6) is 0. The Morgan fingerprint density at radius 1 is 0.659 bits per heavy atom. The Morgan fingerprint density at radius 2 is 1.07 bits per heavy atom. The minimum absolute atomic E-state index is 0.0625. The summed E-state index contributed by atoms with van der Waals surface area (Å²) in [6.45, 7) is 14.9. The number of ether oxygens (including phenoxy) is 3. The molecule has 1 saturated carbocycles. The molecule has 0 aromatic carbocycles. The van der Waals surface area contributed by atoms with E-state index in [1.165, 1.54) is 64.2 Å². The van der Waals surface area contributed by atoms with E-state index < -0.39 is 59.2 Å². The van der Waals surface area contributed by atoms with E-state index in [-0.39, 0.29) is 18.3 Å². The van der Waals surface area contributed by atoms with Gasteiger partial charge in [-0.3, -0.25) is 13.6 Å². The maximum Gasteiger partial charge on any atom is 0.475 e. The third-order valence-electron chi connectivity index (χ3n) is 9.76. The van der Waals surface area contributed by atoms with Crippen LogP contribution in [0.5, 0.6) is 0 Å². The number of hydrogen-bond donors (Lipinski definition) is 1. The Balaban J connectivity index is 1.61. The van der Waals surface area contributed by atoms with Gasteiger partial charge in [0.2, 0.25) is 0 Å². The van der Waals surface area contributed by atoms with E-state index in [4.69, 9.17) is 32.2 Å². The number of aliphatic hydroxyl groups is 1. The number of aliphatic hydroxyl groups excluding tert-OH is 1. The summed E-state index contributed by atoms with van der Waals surface area (Å²) in [4.78, 5) is 0. The first-order valence-electron chi connectivity index (χ1n) is 17.8. The van der Waals surface area contributed by atoms with Gasteiger partial charge in [-0.2, -0.15) is 0 Å². The zero-order valence-electron chi connectivity index (χ0n) is 28.9. The molecule has 3 aliphatic heterocycles. The second kappa shape index (κ2) is 18.6. The summed E-state index contributed by atoms with van der Waals surface area (Å²) in [5, 5.41) is 11.2. The number of hydrogen-bond acceptors (Lipinski definition) is 9. The zero-order chi connectivity index (χ0) is 32.2. The van der Waals surface area contributed by atoms with Crippen LogP contribution in [0.4, 0.5) is 0 Å². The third kappa shape index (κ3) is 11.4. The summed E-state index contributed by atoms with van der Waals surface area (Å²) in [5.41, 5.74) is 0. The summed E-state index contributed by atoms with van der Waals surface area (Å²) in [6, 6.07) is 0. The molecule has 1 N–H and O–H groups in total. The van der Waals surface area contributed by atoms with Crippen molar-refractivity contribution in [3.8, 4) is 0 Å². The van der Waals surface area contributed by atoms with Gasteiger partial charge < -0.3 is 23.7 Å². The fourth-order valence-corrected chi connectivity index (χ4v) is 8.67. The third-order valence-corrected chi connectivity index (χ3v) is 15.7. The van der Waals surface area contributed by atoms with Crippen LogP contribution >= 0.6 is 7.82 Å². The van der Waals surface area contributed by atoms with Crippen molar-refractivity contribution in [2.75, 3.05) is 13.2 Å². The maximum atomic E-state index is 14.2. The normalized spacial score (nSPS) is 28.7. The van der Waals surface area contributed by atoms with Gasteiger partial charge in [-0.1, -0.05) is 125 Å². The highest BCUT2D eigenvalue weighted by Gasteiger charge is 2.65. The van der Waals surface area contributed by atoms with Crippen LogP contribution in [-0.4, -0.2) is 69.7 Å². The van der Waals surface area contributed by atoms with Crippen LogP contribution in [0.15, 0.2) is 0 Å². The highest BCUT2D eigenvalue weighted by atomic mass is 31.2. The lowest BCUT2D eigenvalue weighted by molar-refractivity contribution is -0.478. The molecule has 4 fully saturated rings. The van der Waals surface area contributed by atoms with Crippen molar-refractivity contribution in [2.45, 2.75) is 199 Å². The Kier molecular flexibility index (Phi) is 16.3. The minimum Gasteiger partial charge on any atom is -0.408 e. The van der Waals surface area contributed by atoms with Crippen molar-refractivity contribution >= 4 is 16.1 Å². The van der Waals surface area contributed by atoms with Crippen molar-refractivity contribution < 1.29 is 41.9 Å². The van der Waals surface area contributed by atoms with Crippen LogP contribution in [0.1, 0.15) is 137 Å². The van der Waals surface area contributed by atoms with Gasteiger partial charge >= 0.3 is 7.82 Å². The lowest BCUT2D eigenvalue weighted by Gasteiger charge is -2.59. The van der Waals surface area contributed by atoms with Gasteiger partial charge in [0.05, 0.1) is 13.2 Å². The predicted molar refractivity (Wildman–Crippen MR) is 176 cm³/mol. The van der Waals surface area contributed by atoms with Crippen LogP contribution in [0.25, 0.3) is 0 Å². The zero-order valence-corrected chi connectivity index (χ0v) is 30.8. The Hall–Kier alpha value is 0.127. The van der Waals surface area contributed by atoms with E-state index in [9.17, 15) is 9.67 Å². The van der Waals surface area contributed by atoms with Crippen molar-refractivity contribution in [2.24, 2.45) is 0 Å². The molecule has 260 valence electrons. The fourth-order valence-electron chi connectivity index (χ4n) is 5.93. The molecule has 4 rings (SSSR count). The van der Waals surface area contributed by atoms with Gasteiger partial charge in [-0.05, 0) is 31.0 Å². The molecule has 44 heavy (non-hydrogen) atoms. The second-order valence-electron chi connectivity index (χ2n) is 14.6. The molecule has 11 heteroatoms. The standard InChI is InChI=1S/C33H65O9PSi/c1-8-10-12-14-16-18-20-22-24-36-43(35,37-25-23-21-19-17-15-13-11-9-2)41-30-27-26(34)28-31(29(30)40-32(38-27)39-28)42-44(6,7)33(3,4)5/h26-32,34H,8-25H2,1-7H3/t26-,27+,28-,29+,30-,31-,32-/m0/s1. The van der Waals surface area contributed by atoms with Crippen LogP contribution in [-0.2, 0) is 36.8 Å². The van der Waals surface area contributed by atoms with Gasteiger partial charge in [0.25, 0.3) is 6.48 Å². The summed E-state index contributed by atoms with van der Waals surface area (Å²) in [6.07, 6.45) is 13.9. The number of unbranched alkanes of at least 4 members (excludes halogenated alkanes) is 14. The molecule has 0 aromatic rings. The second-order valence-corrected chi connectivity index (χ2v) is 20.9. The molecule has 7 atom stereocenters. The molecule has 4 aliphatic rings. The predicted octanol–water partition coefficient (Wildman–Crippen LogP) is 9.03. The molecule has 0 radical (unpaired) electrons. The Morgan fingerprint density at radius 3 is 1.52 bits per heavy atom. The molecular formula is C33H65O9PSi. The number of phosphoric ester groups is 1. The fraction of sp³-hybridized carbons (Fsp3) is 1.00. The molecule has 3 heterocycles. The molecule has 0 unspecified atom stereocenters. The van der Waals surface area contributed by atoms with Crippen molar-refractivity contribution in [3.05, 3.63) is 0 Å². The monoisotopic (exact) mass is 664 g/mol. The summed E-state index contributed by atoms with van der Waals surface area (Å²) >= 11 is 0. The highest BCUT2D eigenvalue weighted by Crippen LogP contribution is 2.55. The maximum absolute atomic E-state index is 14.2. The summed E-state index contributed by atoms with van der Waals surface area (Å²) < 4.78 is 56.8. The molecule has 4 bridgehead atoms. The average Bonchev–Trinajstić information content (AvgIpc) is 2.96. The molecule has 9 nitrogen and oxygen atoms in total. The first kappa shape index (κ1) is 38.6. The van der Waals surface area contributed by atoms with Crippen molar-refractivity contribution in [1.29, 1.82) is 0 Å². The van der Waals surface area contributed by atoms with Crippen LogP contribution in [0, 0.1) is 0 Å². The minimum atomic E-state index is -3.98. The Bertz CT molecular complexity index is 828. The van der Waals surface area contributed by atoms with Crippen molar-refractivity contribution in [1.82, 2.24) is 0 Å². The van der Waals surface area contributed by atoms with E-state index in [1.807, 2.05) is 0 Å². The summed E-state index contributed by atoms with van der Waals surface area (Å²) in [7, 11) is -6.25. The van der Waals surface area contributed by atoms with Crippen LogP contribution < -0.4 is 0 Å². The van der Waals surface area contributed by atoms with Crippen molar-refractivity contribution in [3.63, 3.8) is 0 Å². The van der Waals surface area contributed by atoms with Gasteiger partial charge in [-0.25, -0.2) is 4.57 Å². The number of phosphoric acid groups is 1. The number of rotatable bonds is 24. The van der Waals surface area contributed by atoms with E-state index in [0.717, 1.165) is 38.5 Å². The smallest absolute Gasteiger partial charge is 0.408 e. The lowest BCUT2D eigenvalue weighted by atomic mass is 9.83. The molecule has 0 amide bonds. The van der Waals surface area contributed by atoms with E-state index in [2.05, 4.69) is 47.7 Å². The Labute approximate surface area is 269 Å². The first-order valence-corrected chi connectivity index (χ1v) is 22.2. The molecule has 3 saturated heterocycles.